The lowest BCUT2D eigenvalue weighted by molar-refractivity contribution is 0.284. The van der Waals surface area contributed by atoms with E-state index in [1.165, 1.54) is 19.3 Å². The second-order valence-corrected chi connectivity index (χ2v) is 11.2. The molecule has 13 heteroatoms. The van der Waals surface area contributed by atoms with E-state index >= 15 is 0 Å². The molecule has 6 rings (SSSR count). The van der Waals surface area contributed by atoms with Crippen molar-refractivity contribution in [1.29, 1.82) is 0 Å². The zero-order valence-electron chi connectivity index (χ0n) is 23.1. The van der Waals surface area contributed by atoms with E-state index in [2.05, 4.69) is 43.2 Å². The first kappa shape index (κ1) is 26.0. The van der Waals surface area contributed by atoms with Gasteiger partial charge in [-0.3, -0.25) is 9.51 Å². The molecule has 1 atom stereocenters. The molecule has 2 aliphatic carbocycles. The van der Waals surface area contributed by atoms with Gasteiger partial charge in [-0.15, -0.1) is 12.3 Å². The first-order valence-electron chi connectivity index (χ1n) is 14.0. The molecule has 4 heterocycles. The molecular weight excluding hydrogens is 512 g/mol. The van der Waals surface area contributed by atoms with E-state index in [0.29, 0.717) is 35.8 Å². The van der Waals surface area contributed by atoms with Crippen LogP contribution in [0.1, 0.15) is 63.3 Å². The predicted molar refractivity (Wildman–Crippen MR) is 147 cm³/mol. The van der Waals surface area contributed by atoms with Crippen LogP contribution in [0.5, 0.6) is 0 Å². The Hall–Kier alpha value is -4.21. The van der Waals surface area contributed by atoms with E-state index in [-0.39, 0.29) is 17.7 Å². The third-order valence-electron chi connectivity index (χ3n) is 8.45. The highest BCUT2D eigenvalue weighted by Crippen LogP contribution is 2.36. The smallest absolute Gasteiger partial charge is 0.365 e. The molecule has 0 aliphatic heterocycles. The summed E-state index contributed by atoms with van der Waals surface area (Å²) in [6, 6.07) is 0.204. The Labute approximate surface area is 231 Å². The average molecular weight is 547 g/mol. The molecule has 0 unspecified atom stereocenters. The summed E-state index contributed by atoms with van der Waals surface area (Å²) in [5.74, 6) is 5.41. The van der Waals surface area contributed by atoms with E-state index in [1.54, 1.807) is 0 Å². The molecule has 0 radical (unpaired) electrons. The van der Waals surface area contributed by atoms with E-state index in [4.69, 9.17) is 30.5 Å². The number of hydrogen-bond acceptors (Lipinski definition) is 11. The fourth-order valence-electron chi connectivity index (χ4n) is 5.75. The van der Waals surface area contributed by atoms with Crippen molar-refractivity contribution in [2.75, 3.05) is 17.3 Å². The number of nitrogens with one attached hydrogen (secondary N) is 2. The number of imidazole rings is 1. The van der Waals surface area contributed by atoms with Crippen molar-refractivity contribution < 1.29 is 9.15 Å². The van der Waals surface area contributed by atoms with Gasteiger partial charge in [0.15, 0.2) is 11.5 Å². The SMILES string of the molecule is C#C[C@H]1CC[C@H](Cn2c(N(C)Cc3nonc3C)nc3nc(-c4noc(=O)[nH]4)nc(N[C@H](C)C4CCC4)c32)CC1. The summed E-state index contributed by atoms with van der Waals surface area (Å²) in [6.07, 6.45) is 13.5. The standard InChI is InChI=1S/C27H34N10O3/c1-5-17-9-11-18(12-10-17)13-37-21-22(28-15(2)19-7-6-8-19)29-24(25-32-27(38)39-35-25)30-23(21)31-26(37)36(4)14-20-16(3)33-40-34-20/h1,15,17-19H,6-14H2,2-4H3,(H,28,29,30)(H,32,35,38)/t15-,17-,18-/m1/s1. The minimum atomic E-state index is -0.666. The molecule has 210 valence electrons. The maximum absolute atomic E-state index is 11.7. The summed E-state index contributed by atoms with van der Waals surface area (Å²) >= 11 is 0. The van der Waals surface area contributed by atoms with Crippen LogP contribution in [0.3, 0.4) is 0 Å². The lowest BCUT2D eigenvalue weighted by Crippen LogP contribution is -2.31. The fourth-order valence-corrected chi connectivity index (χ4v) is 5.75. The highest BCUT2D eigenvalue weighted by molar-refractivity contribution is 5.87. The van der Waals surface area contributed by atoms with Crippen molar-refractivity contribution in [3.63, 3.8) is 0 Å². The lowest BCUT2D eigenvalue weighted by Gasteiger charge is -2.32. The van der Waals surface area contributed by atoms with Crippen LogP contribution < -0.4 is 16.0 Å². The lowest BCUT2D eigenvalue weighted by atomic mass is 9.80. The number of terminal acetylenes is 1. The summed E-state index contributed by atoms with van der Waals surface area (Å²) in [4.78, 5) is 30.9. The summed E-state index contributed by atoms with van der Waals surface area (Å²) in [7, 11) is 1.97. The summed E-state index contributed by atoms with van der Waals surface area (Å²) in [5, 5.41) is 15.5. The van der Waals surface area contributed by atoms with Gasteiger partial charge in [-0.05, 0) is 64.2 Å². The number of rotatable bonds is 9. The van der Waals surface area contributed by atoms with Crippen LogP contribution in [0.15, 0.2) is 13.9 Å². The van der Waals surface area contributed by atoms with Crippen LogP contribution in [0.4, 0.5) is 11.8 Å². The topological polar surface area (TPSA) is 157 Å². The molecule has 0 amide bonds. The second-order valence-electron chi connectivity index (χ2n) is 11.2. The maximum Gasteiger partial charge on any atom is 0.439 e. The number of aryl methyl sites for hydroxylation is 1. The predicted octanol–water partition coefficient (Wildman–Crippen LogP) is 3.54. The number of aromatic amines is 1. The summed E-state index contributed by atoms with van der Waals surface area (Å²) in [5.41, 5.74) is 2.79. The Morgan fingerprint density at radius 2 is 1.95 bits per heavy atom. The largest absolute Gasteiger partial charge is 0.439 e. The highest BCUT2D eigenvalue weighted by atomic mass is 16.6. The van der Waals surface area contributed by atoms with Gasteiger partial charge in [0.1, 0.15) is 16.9 Å². The number of hydrogen-bond donors (Lipinski definition) is 2. The molecular formula is C27H34N10O3. The van der Waals surface area contributed by atoms with Gasteiger partial charge in [0.2, 0.25) is 17.6 Å². The van der Waals surface area contributed by atoms with Crippen molar-refractivity contribution >= 4 is 22.9 Å². The molecule has 2 saturated carbocycles. The van der Waals surface area contributed by atoms with Crippen LogP contribution in [0, 0.1) is 37.0 Å². The normalized spacial score (nSPS) is 20.2. The summed E-state index contributed by atoms with van der Waals surface area (Å²) in [6.45, 7) is 5.26. The van der Waals surface area contributed by atoms with Gasteiger partial charge in [0.25, 0.3) is 0 Å². The molecule has 0 saturated heterocycles. The van der Waals surface area contributed by atoms with E-state index in [0.717, 1.165) is 55.1 Å². The monoisotopic (exact) mass is 546 g/mol. The molecule has 0 aromatic carbocycles. The Morgan fingerprint density at radius 3 is 2.58 bits per heavy atom. The van der Waals surface area contributed by atoms with Crippen molar-refractivity contribution in [3.8, 4) is 24.0 Å². The van der Waals surface area contributed by atoms with E-state index in [9.17, 15) is 4.79 Å². The van der Waals surface area contributed by atoms with Gasteiger partial charge in [0, 0.05) is 25.6 Å². The minimum absolute atomic E-state index is 0.160. The second kappa shape index (κ2) is 10.7. The Balaban J connectivity index is 1.45. The van der Waals surface area contributed by atoms with Crippen molar-refractivity contribution in [2.45, 2.75) is 77.9 Å². The third-order valence-corrected chi connectivity index (χ3v) is 8.45. The number of fused-ring (bicyclic) bond motifs is 1. The van der Waals surface area contributed by atoms with Gasteiger partial charge in [-0.1, -0.05) is 21.9 Å². The molecule has 13 nitrogen and oxygen atoms in total. The minimum Gasteiger partial charge on any atom is -0.365 e. The Kier molecular flexibility index (Phi) is 7.00. The third kappa shape index (κ3) is 5.05. The summed E-state index contributed by atoms with van der Waals surface area (Å²) < 4.78 is 11.9. The molecule has 0 bridgehead atoms. The molecule has 0 spiro atoms. The van der Waals surface area contributed by atoms with Crippen LogP contribution in [-0.2, 0) is 13.1 Å². The van der Waals surface area contributed by atoms with E-state index < -0.39 is 5.76 Å². The number of aromatic nitrogens is 8. The van der Waals surface area contributed by atoms with Crippen molar-refractivity contribution in [3.05, 3.63) is 21.9 Å². The van der Waals surface area contributed by atoms with Crippen LogP contribution in [-0.4, -0.2) is 53.1 Å². The number of H-pyrrole nitrogens is 1. The van der Waals surface area contributed by atoms with Gasteiger partial charge >= 0.3 is 5.76 Å². The van der Waals surface area contributed by atoms with Gasteiger partial charge in [0.05, 0.1) is 6.54 Å². The Morgan fingerprint density at radius 1 is 1.15 bits per heavy atom. The number of nitrogens with zero attached hydrogens (tertiary/aromatic N) is 8. The molecule has 40 heavy (non-hydrogen) atoms. The first-order valence-corrected chi connectivity index (χ1v) is 14.0. The van der Waals surface area contributed by atoms with Crippen LogP contribution >= 0.6 is 0 Å². The van der Waals surface area contributed by atoms with Gasteiger partial charge < -0.3 is 14.8 Å². The fraction of sp³-hybridized carbons (Fsp3) is 0.593. The zero-order valence-corrected chi connectivity index (χ0v) is 23.1. The van der Waals surface area contributed by atoms with E-state index in [1.807, 2.05) is 18.9 Å². The van der Waals surface area contributed by atoms with Crippen LogP contribution in [0.2, 0.25) is 0 Å². The molecule has 2 N–H and O–H groups in total. The zero-order chi connectivity index (χ0) is 27.8. The van der Waals surface area contributed by atoms with Gasteiger partial charge in [-0.2, -0.15) is 4.98 Å². The molecule has 4 aromatic heterocycles. The highest BCUT2D eigenvalue weighted by Gasteiger charge is 2.29. The Bertz CT molecular complexity index is 1580. The first-order chi connectivity index (χ1) is 19.4. The number of anilines is 2. The van der Waals surface area contributed by atoms with Crippen LogP contribution in [0.25, 0.3) is 22.8 Å². The van der Waals surface area contributed by atoms with Crippen molar-refractivity contribution in [1.82, 2.24) is 40.0 Å². The quantitative estimate of drug-likeness (QED) is 0.296. The van der Waals surface area contributed by atoms with Gasteiger partial charge in [-0.25, -0.2) is 19.4 Å². The molecule has 2 aliphatic rings. The molecule has 4 aromatic rings. The van der Waals surface area contributed by atoms with Crippen molar-refractivity contribution in [2.24, 2.45) is 17.8 Å². The molecule has 2 fully saturated rings. The maximum atomic E-state index is 11.7. The average Bonchev–Trinajstić information content (AvgIpc) is 3.62.